The van der Waals surface area contributed by atoms with Gasteiger partial charge in [0.25, 0.3) is 0 Å². The number of aryl methyl sites for hydroxylation is 2. The van der Waals surface area contributed by atoms with Crippen LogP contribution in [0, 0.1) is 19.3 Å². The van der Waals surface area contributed by atoms with E-state index in [4.69, 9.17) is 0 Å². The Morgan fingerprint density at radius 1 is 1.11 bits per heavy atom. The molecule has 0 bridgehead atoms. The largest absolute Gasteiger partial charge is 0.393 e. The zero-order chi connectivity index (χ0) is 13.9. The Morgan fingerprint density at radius 2 is 1.61 bits per heavy atom. The monoisotopic (exact) mass is 249 g/mol. The third-order valence-electron chi connectivity index (χ3n) is 3.38. The van der Waals surface area contributed by atoms with Crippen molar-refractivity contribution in [2.24, 2.45) is 5.41 Å². The van der Waals surface area contributed by atoms with Crippen molar-refractivity contribution in [1.29, 1.82) is 0 Å². The highest BCUT2D eigenvalue weighted by Gasteiger charge is 2.22. The number of benzene rings is 1. The molecule has 2 nitrogen and oxygen atoms in total. The lowest BCUT2D eigenvalue weighted by molar-refractivity contribution is 0.0576. The number of hydrogen-bond donors (Lipinski definition) is 1. The van der Waals surface area contributed by atoms with E-state index >= 15 is 0 Å². The molecule has 0 heterocycles. The zero-order valence-electron chi connectivity index (χ0n) is 12.6. The van der Waals surface area contributed by atoms with Crippen LogP contribution in [0.25, 0.3) is 0 Å². The normalized spacial score (nSPS) is 13.5. The molecule has 0 amide bonds. The summed E-state index contributed by atoms with van der Waals surface area (Å²) in [6, 6.07) is 6.56. The quantitative estimate of drug-likeness (QED) is 0.882. The van der Waals surface area contributed by atoms with Crippen molar-refractivity contribution in [3.05, 3.63) is 29.3 Å². The minimum Gasteiger partial charge on any atom is -0.393 e. The van der Waals surface area contributed by atoms with Crippen LogP contribution in [0.1, 0.15) is 38.3 Å². The minimum absolute atomic E-state index is 0.0383. The van der Waals surface area contributed by atoms with Gasteiger partial charge in [-0.3, -0.25) is 0 Å². The van der Waals surface area contributed by atoms with E-state index < -0.39 is 0 Å². The SMILES string of the molecule is Cc1cc(C)cc(N(C)CCC(O)C(C)(C)C)c1. The topological polar surface area (TPSA) is 23.5 Å². The van der Waals surface area contributed by atoms with Crippen LogP contribution in [0.15, 0.2) is 18.2 Å². The van der Waals surface area contributed by atoms with Gasteiger partial charge in [0.15, 0.2) is 0 Å². The molecule has 1 unspecified atom stereocenters. The number of aliphatic hydroxyl groups excluding tert-OH is 1. The fraction of sp³-hybridized carbons (Fsp3) is 0.625. The molecule has 0 radical (unpaired) electrons. The summed E-state index contributed by atoms with van der Waals surface area (Å²) in [7, 11) is 2.09. The minimum atomic E-state index is -0.258. The summed E-state index contributed by atoms with van der Waals surface area (Å²) in [6.45, 7) is 11.3. The zero-order valence-corrected chi connectivity index (χ0v) is 12.6. The lowest BCUT2D eigenvalue weighted by Gasteiger charge is -2.28. The smallest absolute Gasteiger partial charge is 0.0605 e. The van der Waals surface area contributed by atoms with E-state index in [-0.39, 0.29) is 11.5 Å². The summed E-state index contributed by atoms with van der Waals surface area (Å²) in [4.78, 5) is 2.22. The van der Waals surface area contributed by atoms with Crippen LogP contribution in [-0.4, -0.2) is 24.8 Å². The van der Waals surface area contributed by atoms with Crippen LogP contribution in [0.4, 0.5) is 5.69 Å². The van der Waals surface area contributed by atoms with Crippen molar-refractivity contribution in [2.75, 3.05) is 18.5 Å². The maximum absolute atomic E-state index is 10.1. The van der Waals surface area contributed by atoms with Crippen LogP contribution in [0.5, 0.6) is 0 Å². The Labute approximate surface area is 112 Å². The molecule has 0 aromatic heterocycles. The average molecular weight is 249 g/mol. The van der Waals surface area contributed by atoms with E-state index in [1.54, 1.807) is 0 Å². The maximum atomic E-state index is 10.1. The number of aliphatic hydroxyl groups is 1. The van der Waals surface area contributed by atoms with Crippen molar-refractivity contribution in [1.82, 2.24) is 0 Å². The standard InChI is InChI=1S/C16H27NO/c1-12-9-13(2)11-14(10-12)17(6)8-7-15(18)16(3,4)5/h9-11,15,18H,7-8H2,1-6H3. The van der Waals surface area contributed by atoms with Crippen LogP contribution >= 0.6 is 0 Å². The third kappa shape index (κ3) is 4.34. The second kappa shape index (κ2) is 5.75. The molecule has 0 spiro atoms. The van der Waals surface area contributed by atoms with Gasteiger partial charge in [0.05, 0.1) is 6.10 Å². The fourth-order valence-electron chi connectivity index (χ4n) is 2.05. The third-order valence-corrected chi connectivity index (χ3v) is 3.38. The Balaban J connectivity index is 2.63. The number of anilines is 1. The molecule has 0 saturated heterocycles. The first-order chi connectivity index (χ1) is 8.20. The Morgan fingerprint density at radius 3 is 2.06 bits per heavy atom. The maximum Gasteiger partial charge on any atom is 0.0605 e. The van der Waals surface area contributed by atoms with E-state index in [1.807, 2.05) is 0 Å². The molecule has 18 heavy (non-hydrogen) atoms. The summed E-state index contributed by atoms with van der Waals surface area (Å²) in [6.07, 6.45) is 0.540. The molecule has 1 aromatic rings. The molecule has 1 atom stereocenters. The summed E-state index contributed by atoms with van der Waals surface area (Å²) < 4.78 is 0. The highest BCUT2D eigenvalue weighted by atomic mass is 16.3. The Kier molecular flexibility index (Phi) is 4.80. The van der Waals surface area contributed by atoms with Gasteiger partial charge >= 0.3 is 0 Å². The summed E-state index contributed by atoms with van der Waals surface area (Å²) in [5, 5.41) is 10.1. The van der Waals surface area contributed by atoms with E-state index in [2.05, 4.69) is 64.8 Å². The van der Waals surface area contributed by atoms with Gasteiger partial charge in [-0.15, -0.1) is 0 Å². The van der Waals surface area contributed by atoms with Crippen LogP contribution in [-0.2, 0) is 0 Å². The van der Waals surface area contributed by atoms with E-state index in [0.717, 1.165) is 13.0 Å². The molecule has 0 aliphatic rings. The molecule has 1 aromatic carbocycles. The first-order valence-electron chi connectivity index (χ1n) is 6.67. The number of nitrogens with zero attached hydrogens (tertiary/aromatic N) is 1. The van der Waals surface area contributed by atoms with Gasteiger partial charge < -0.3 is 10.0 Å². The van der Waals surface area contributed by atoms with Crippen molar-refractivity contribution in [3.8, 4) is 0 Å². The van der Waals surface area contributed by atoms with Gasteiger partial charge in [0, 0.05) is 19.3 Å². The molecule has 2 heteroatoms. The van der Waals surface area contributed by atoms with Gasteiger partial charge in [-0.25, -0.2) is 0 Å². The molecular formula is C16H27NO. The van der Waals surface area contributed by atoms with Crippen molar-refractivity contribution < 1.29 is 5.11 Å². The molecule has 0 saturated carbocycles. The highest BCUT2D eigenvalue weighted by Crippen LogP contribution is 2.23. The van der Waals surface area contributed by atoms with Gasteiger partial charge in [-0.2, -0.15) is 0 Å². The average Bonchev–Trinajstić information content (AvgIpc) is 2.22. The van der Waals surface area contributed by atoms with Gasteiger partial charge in [-0.1, -0.05) is 26.8 Å². The first kappa shape index (κ1) is 15.0. The predicted octanol–water partition coefficient (Wildman–Crippen LogP) is 3.54. The van der Waals surface area contributed by atoms with Gasteiger partial charge in [0.1, 0.15) is 0 Å². The van der Waals surface area contributed by atoms with Crippen molar-refractivity contribution in [3.63, 3.8) is 0 Å². The number of hydrogen-bond acceptors (Lipinski definition) is 2. The Hall–Kier alpha value is -1.02. The summed E-state index contributed by atoms with van der Waals surface area (Å²) in [5.41, 5.74) is 3.76. The Bertz CT molecular complexity index is 372. The van der Waals surface area contributed by atoms with E-state index in [1.165, 1.54) is 16.8 Å². The predicted molar refractivity (Wildman–Crippen MR) is 79.3 cm³/mol. The second-order valence-electron chi connectivity index (χ2n) is 6.44. The number of rotatable bonds is 4. The van der Waals surface area contributed by atoms with Gasteiger partial charge in [0.2, 0.25) is 0 Å². The van der Waals surface area contributed by atoms with Crippen LogP contribution in [0.2, 0.25) is 0 Å². The molecule has 0 aliphatic carbocycles. The van der Waals surface area contributed by atoms with E-state index in [0.29, 0.717) is 0 Å². The first-order valence-corrected chi connectivity index (χ1v) is 6.67. The van der Waals surface area contributed by atoms with Crippen molar-refractivity contribution in [2.45, 2.75) is 47.1 Å². The lowest BCUT2D eigenvalue weighted by atomic mass is 9.87. The lowest BCUT2D eigenvalue weighted by Crippen LogP contribution is -2.31. The molecule has 1 N–H and O–H groups in total. The molecule has 102 valence electrons. The van der Waals surface area contributed by atoms with Crippen LogP contribution in [0.3, 0.4) is 0 Å². The summed E-state index contributed by atoms with van der Waals surface area (Å²) in [5.74, 6) is 0. The fourth-order valence-corrected chi connectivity index (χ4v) is 2.05. The highest BCUT2D eigenvalue weighted by molar-refractivity contribution is 5.50. The molecular weight excluding hydrogens is 222 g/mol. The molecule has 0 fully saturated rings. The van der Waals surface area contributed by atoms with Crippen molar-refractivity contribution >= 4 is 5.69 Å². The van der Waals surface area contributed by atoms with E-state index in [9.17, 15) is 5.11 Å². The second-order valence-corrected chi connectivity index (χ2v) is 6.44. The van der Waals surface area contributed by atoms with Gasteiger partial charge in [-0.05, 0) is 48.9 Å². The molecule has 1 rings (SSSR count). The molecule has 0 aliphatic heterocycles. The summed E-state index contributed by atoms with van der Waals surface area (Å²) >= 11 is 0. The van der Waals surface area contributed by atoms with Crippen LogP contribution < -0.4 is 4.90 Å².